The van der Waals surface area contributed by atoms with Crippen LogP contribution in [0.15, 0.2) is 23.6 Å². The van der Waals surface area contributed by atoms with Crippen molar-refractivity contribution in [3.63, 3.8) is 0 Å². The molecular weight excluding hydrogens is 266 g/mol. The number of thiol groups is 1. The summed E-state index contributed by atoms with van der Waals surface area (Å²) in [5, 5.41) is 2.94. The summed E-state index contributed by atoms with van der Waals surface area (Å²) < 4.78 is 11.0. The van der Waals surface area contributed by atoms with Gasteiger partial charge in [0, 0.05) is 11.1 Å². The molecule has 1 aromatic heterocycles. The highest BCUT2D eigenvalue weighted by Gasteiger charge is 2.14. The van der Waals surface area contributed by atoms with Gasteiger partial charge in [-0.05, 0) is 19.1 Å². The molecule has 1 heterocycles. The standard InChI is InChI=1S/C13H15NO2S2/c1-3-16-12-10(5-4-6-11(12)15-2)13-14-9(7-17)8-18-13/h4-6,8,17H,3,7H2,1-2H3. The third-order valence-corrected chi connectivity index (χ3v) is 3.68. The molecule has 18 heavy (non-hydrogen) atoms. The second kappa shape index (κ2) is 6.11. The largest absolute Gasteiger partial charge is 0.493 e. The number of thiazole rings is 1. The summed E-state index contributed by atoms with van der Waals surface area (Å²) >= 11 is 5.82. The SMILES string of the molecule is CCOc1c(OC)cccc1-c1nc(CS)cs1. The lowest BCUT2D eigenvalue weighted by atomic mass is 10.2. The third-order valence-electron chi connectivity index (χ3n) is 2.43. The van der Waals surface area contributed by atoms with Gasteiger partial charge in [-0.25, -0.2) is 4.98 Å². The van der Waals surface area contributed by atoms with E-state index in [2.05, 4.69) is 17.6 Å². The highest BCUT2D eigenvalue weighted by Crippen LogP contribution is 2.39. The smallest absolute Gasteiger partial charge is 0.171 e. The fraction of sp³-hybridized carbons (Fsp3) is 0.308. The highest BCUT2D eigenvalue weighted by molar-refractivity contribution is 7.79. The Morgan fingerprint density at radius 2 is 2.22 bits per heavy atom. The van der Waals surface area contributed by atoms with Gasteiger partial charge in [0.25, 0.3) is 0 Å². The first-order valence-electron chi connectivity index (χ1n) is 5.65. The van der Waals surface area contributed by atoms with E-state index >= 15 is 0 Å². The van der Waals surface area contributed by atoms with Crippen molar-refractivity contribution in [3.8, 4) is 22.1 Å². The van der Waals surface area contributed by atoms with E-state index in [1.807, 2.05) is 30.5 Å². The Hall–Kier alpha value is -1.20. The van der Waals surface area contributed by atoms with E-state index < -0.39 is 0 Å². The first-order valence-corrected chi connectivity index (χ1v) is 7.16. The van der Waals surface area contributed by atoms with Crippen LogP contribution in [0.5, 0.6) is 11.5 Å². The van der Waals surface area contributed by atoms with Gasteiger partial charge in [0.2, 0.25) is 0 Å². The van der Waals surface area contributed by atoms with Crippen molar-refractivity contribution in [1.29, 1.82) is 0 Å². The average molecular weight is 281 g/mol. The van der Waals surface area contributed by atoms with E-state index in [-0.39, 0.29) is 0 Å². The van der Waals surface area contributed by atoms with E-state index in [0.29, 0.717) is 12.4 Å². The molecule has 0 atom stereocenters. The van der Waals surface area contributed by atoms with Crippen molar-refractivity contribution >= 4 is 24.0 Å². The Bertz CT molecular complexity index is 525. The monoisotopic (exact) mass is 281 g/mol. The van der Waals surface area contributed by atoms with Gasteiger partial charge in [0.1, 0.15) is 5.01 Å². The van der Waals surface area contributed by atoms with Gasteiger partial charge >= 0.3 is 0 Å². The number of hydrogen-bond acceptors (Lipinski definition) is 5. The second-order valence-electron chi connectivity index (χ2n) is 3.57. The molecular formula is C13H15NO2S2. The summed E-state index contributed by atoms with van der Waals surface area (Å²) in [6.45, 7) is 2.55. The number of nitrogens with zero attached hydrogens (tertiary/aromatic N) is 1. The van der Waals surface area contributed by atoms with Crippen molar-refractivity contribution < 1.29 is 9.47 Å². The summed E-state index contributed by atoms with van der Waals surface area (Å²) in [5.41, 5.74) is 1.94. The topological polar surface area (TPSA) is 31.4 Å². The van der Waals surface area contributed by atoms with Crippen LogP contribution in [0, 0.1) is 0 Å². The van der Waals surface area contributed by atoms with Crippen LogP contribution in [0.3, 0.4) is 0 Å². The van der Waals surface area contributed by atoms with Gasteiger partial charge in [-0.3, -0.25) is 0 Å². The molecule has 0 saturated heterocycles. The van der Waals surface area contributed by atoms with Gasteiger partial charge in [0.15, 0.2) is 11.5 Å². The van der Waals surface area contributed by atoms with Gasteiger partial charge in [-0.1, -0.05) is 6.07 Å². The zero-order chi connectivity index (χ0) is 13.0. The van der Waals surface area contributed by atoms with Crippen LogP contribution >= 0.6 is 24.0 Å². The van der Waals surface area contributed by atoms with E-state index in [0.717, 1.165) is 27.8 Å². The predicted octanol–water partition coefficient (Wildman–Crippen LogP) is 3.65. The molecule has 1 aromatic carbocycles. The molecule has 0 unspecified atom stereocenters. The molecule has 0 aliphatic carbocycles. The van der Waals surface area contributed by atoms with Crippen molar-refractivity contribution in [2.24, 2.45) is 0 Å². The molecule has 0 amide bonds. The Labute approximate surface area is 116 Å². The van der Waals surface area contributed by atoms with Gasteiger partial charge in [-0.2, -0.15) is 12.6 Å². The number of para-hydroxylation sites is 1. The van der Waals surface area contributed by atoms with Crippen LogP contribution in [0.2, 0.25) is 0 Å². The molecule has 0 N–H and O–H groups in total. The molecule has 3 nitrogen and oxygen atoms in total. The van der Waals surface area contributed by atoms with Gasteiger partial charge in [-0.15, -0.1) is 11.3 Å². The Balaban J connectivity index is 2.48. The average Bonchev–Trinajstić information content (AvgIpc) is 2.88. The molecule has 0 aliphatic rings. The fourth-order valence-electron chi connectivity index (χ4n) is 1.64. The molecule has 96 valence electrons. The molecule has 0 saturated carbocycles. The van der Waals surface area contributed by atoms with Crippen molar-refractivity contribution in [2.45, 2.75) is 12.7 Å². The lowest BCUT2D eigenvalue weighted by Crippen LogP contribution is -1.97. The van der Waals surface area contributed by atoms with Crippen LogP contribution in [0.25, 0.3) is 10.6 Å². The second-order valence-corrected chi connectivity index (χ2v) is 4.75. The van der Waals surface area contributed by atoms with Crippen LogP contribution < -0.4 is 9.47 Å². The number of methoxy groups -OCH3 is 1. The maximum atomic E-state index is 5.68. The highest BCUT2D eigenvalue weighted by atomic mass is 32.1. The summed E-state index contributed by atoms with van der Waals surface area (Å²) in [6.07, 6.45) is 0. The van der Waals surface area contributed by atoms with Crippen LogP contribution in [-0.4, -0.2) is 18.7 Å². The van der Waals surface area contributed by atoms with Gasteiger partial charge < -0.3 is 9.47 Å². The third kappa shape index (κ3) is 2.62. The molecule has 5 heteroatoms. The number of hydrogen-bond donors (Lipinski definition) is 1. The van der Waals surface area contributed by atoms with E-state index in [4.69, 9.17) is 9.47 Å². The molecule has 0 spiro atoms. The Morgan fingerprint density at radius 1 is 1.39 bits per heavy atom. The zero-order valence-electron chi connectivity index (χ0n) is 10.3. The number of ether oxygens (including phenoxy) is 2. The van der Waals surface area contributed by atoms with E-state index in [9.17, 15) is 0 Å². The maximum absolute atomic E-state index is 5.68. The molecule has 2 rings (SSSR count). The molecule has 0 radical (unpaired) electrons. The molecule has 0 bridgehead atoms. The first-order chi connectivity index (χ1) is 8.80. The summed E-state index contributed by atoms with van der Waals surface area (Å²) in [6, 6.07) is 5.83. The molecule has 0 aliphatic heterocycles. The van der Waals surface area contributed by atoms with Crippen molar-refractivity contribution in [1.82, 2.24) is 4.98 Å². The summed E-state index contributed by atoms with van der Waals surface area (Å²) in [5.74, 6) is 2.13. The van der Waals surface area contributed by atoms with E-state index in [1.54, 1.807) is 18.4 Å². The molecule has 0 fully saturated rings. The van der Waals surface area contributed by atoms with Crippen molar-refractivity contribution in [3.05, 3.63) is 29.3 Å². The van der Waals surface area contributed by atoms with Gasteiger partial charge in [0.05, 0.1) is 25.0 Å². The normalized spacial score (nSPS) is 10.4. The quantitative estimate of drug-likeness (QED) is 0.849. The minimum absolute atomic E-state index is 0.595. The minimum Gasteiger partial charge on any atom is -0.493 e. The molecule has 2 aromatic rings. The number of aromatic nitrogens is 1. The summed E-state index contributed by atoms with van der Waals surface area (Å²) in [4.78, 5) is 4.52. The fourth-order valence-corrected chi connectivity index (χ4v) is 2.77. The Morgan fingerprint density at radius 3 is 2.83 bits per heavy atom. The predicted molar refractivity (Wildman–Crippen MR) is 78.0 cm³/mol. The first kappa shape index (κ1) is 13.2. The van der Waals surface area contributed by atoms with Crippen LogP contribution in [0.4, 0.5) is 0 Å². The van der Waals surface area contributed by atoms with Crippen LogP contribution in [0.1, 0.15) is 12.6 Å². The maximum Gasteiger partial charge on any atom is 0.171 e. The van der Waals surface area contributed by atoms with Crippen molar-refractivity contribution in [2.75, 3.05) is 13.7 Å². The number of benzene rings is 1. The minimum atomic E-state index is 0.595. The zero-order valence-corrected chi connectivity index (χ0v) is 12.1. The Kier molecular flexibility index (Phi) is 4.49. The lowest BCUT2D eigenvalue weighted by molar-refractivity contribution is 0.312. The lowest BCUT2D eigenvalue weighted by Gasteiger charge is -2.12. The summed E-state index contributed by atoms with van der Waals surface area (Å²) in [7, 11) is 1.64. The van der Waals surface area contributed by atoms with E-state index in [1.165, 1.54) is 0 Å². The number of rotatable bonds is 5. The van der Waals surface area contributed by atoms with Crippen LogP contribution in [-0.2, 0) is 5.75 Å².